The summed E-state index contributed by atoms with van der Waals surface area (Å²) in [4.78, 5) is 46.1. The molecule has 0 aliphatic carbocycles. The first-order chi connectivity index (χ1) is 34.1. The minimum Gasteiger partial charge on any atom is -0.480 e. The first kappa shape index (κ1) is 65.4. The molecule has 0 radical (unpaired) electrons. The van der Waals surface area contributed by atoms with Gasteiger partial charge in [0.05, 0.1) is 13.2 Å². The minimum atomic E-state index is -4.80. The summed E-state index contributed by atoms with van der Waals surface area (Å²) in [6, 6.07) is -1.59. The fourth-order valence-electron chi connectivity index (χ4n) is 6.21. The van der Waals surface area contributed by atoms with Gasteiger partial charge in [0.2, 0.25) is 5.91 Å². The molecule has 11 nitrogen and oxygen atoms in total. The summed E-state index contributed by atoms with van der Waals surface area (Å²) in [6.07, 6.45) is 71.6. The van der Waals surface area contributed by atoms with Crippen LogP contribution in [0.5, 0.6) is 0 Å². The fourth-order valence-corrected chi connectivity index (χ4v) is 6.98. The number of hydrogen-bond acceptors (Lipinski definition) is 8. The van der Waals surface area contributed by atoms with Crippen LogP contribution in [-0.2, 0) is 32.7 Å². The maximum absolute atomic E-state index is 12.4. The number of carboxylic acid groups (broad SMARTS) is 1. The number of ether oxygens (including phenoxy) is 1. The van der Waals surface area contributed by atoms with E-state index in [2.05, 4.69) is 153 Å². The Kier molecular flexibility index (Phi) is 47.4. The first-order valence-corrected chi connectivity index (χ1v) is 27.4. The lowest BCUT2D eigenvalue weighted by Gasteiger charge is -2.18. The van der Waals surface area contributed by atoms with Crippen LogP contribution in [0.1, 0.15) is 168 Å². The molecule has 3 unspecified atom stereocenters. The Morgan fingerprint density at radius 1 is 0.457 bits per heavy atom. The van der Waals surface area contributed by atoms with Crippen molar-refractivity contribution in [2.75, 3.05) is 19.8 Å². The zero-order valence-electron chi connectivity index (χ0n) is 42.7. The third-order valence-electron chi connectivity index (χ3n) is 10.1. The quantitative estimate of drug-likeness (QED) is 0.0199. The van der Waals surface area contributed by atoms with E-state index in [0.717, 1.165) is 116 Å². The van der Waals surface area contributed by atoms with Gasteiger partial charge in [0.15, 0.2) is 6.04 Å². The van der Waals surface area contributed by atoms with Gasteiger partial charge in [0.25, 0.3) is 0 Å². The topological polar surface area (TPSA) is 169 Å². The van der Waals surface area contributed by atoms with Gasteiger partial charge in [-0.1, -0.05) is 192 Å². The molecule has 0 heterocycles. The predicted molar refractivity (Wildman–Crippen MR) is 290 cm³/mol. The Balaban J connectivity index is 3.98. The highest BCUT2D eigenvalue weighted by Crippen LogP contribution is 2.43. The molecule has 392 valence electrons. The Morgan fingerprint density at radius 2 is 0.800 bits per heavy atom. The summed E-state index contributed by atoms with van der Waals surface area (Å²) in [7, 11) is -4.80. The smallest absolute Gasteiger partial charge is 0.472 e. The Morgan fingerprint density at radius 3 is 1.20 bits per heavy atom. The second-order valence-electron chi connectivity index (χ2n) is 16.6. The molecule has 0 rings (SSSR count). The number of nitrogens with one attached hydrogen (secondary N) is 1. The van der Waals surface area contributed by atoms with Crippen molar-refractivity contribution < 1.29 is 47.8 Å². The van der Waals surface area contributed by atoms with Gasteiger partial charge in [-0.3, -0.25) is 18.6 Å². The highest BCUT2D eigenvalue weighted by molar-refractivity contribution is 7.47. The van der Waals surface area contributed by atoms with E-state index in [4.69, 9.17) is 13.8 Å². The van der Waals surface area contributed by atoms with E-state index in [9.17, 15) is 34.1 Å². The number of carbonyl (C=O) groups excluding carboxylic acids is 2. The molecule has 12 heteroatoms. The van der Waals surface area contributed by atoms with Crippen LogP contribution in [-0.4, -0.2) is 64.9 Å². The molecule has 0 aromatic heterocycles. The summed E-state index contributed by atoms with van der Waals surface area (Å²) in [6.45, 7) is 2.31. The highest BCUT2D eigenvalue weighted by atomic mass is 31.2. The number of aliphatic hydroxyl groups excluding tert-OH is 1. The van der Waals surface area contributed by atoms with Crippen molar-refractivity contribution >= 4 is 25.7 Å². The van der Waals surface area contributed by atoms with Gasteiger partial charge < -0.3 is 25.2 Å². The summed E-state index contributed by atoms with van der Waals surface area (Å²) >= 11 is 0. The summed E-state index contributed by atoms with van der Waals surface area (Å²) in [5.74, 6) is -2.49. The van der Waals surface area contributed by atoms with Crippen molar-refractivity contribution in [2.45, 2.75) is 180 Å². The monoisotopic (exact) mass is 992 g/mol. The molecule has 3 atom stereocenters. The van der Waals surface area contributed by atoms with Crippen molar-refractivity contribution in [3.8, 4) is 0 Å². The molecule has 0 aliphatic heterocycles. The van der Waals surface area contributed by atoms with Crippen molar-refractivity contribution in [2.24, 2.45) is 0 Å². The first-order valence-electron chi connectivity index (χ1n) is 25.9. The third kappa shape index (κ3) is 49.8. The van der Waals surface area contributed by atoms with E-state index in [1.54, 1.807) is 0 Å². The molecule has 0 aromatic carbocycles. The van der Waals surface area contributed by atoms with E-state index >= 15 is 0 Å². The largest absolute Gasteiger partial charge is 0.480 e. The number of carbonyl (C=O) groups is 3. The summed E-state index contributed by atoms with van der Waals surface area (Å²) in [5.41, 5.74) is 0. The molecular formula is C58H90NO10P. The number of esters is 1. The average Bonchev–Trinajstić information content (AvgIpc) is 3.34. The number of unbranched alkanes of at least 4 members (excludes halogenated alkanes) is 8. The molecule has 0 aliphatic rings. The molecule has 0 aromatic rings. The van der Waals surface area contributed by atoms with Gasteiger partial charge >= 0.3 is 19.8 Å². The molecule has 0 bridgehead atoms. The molecule has 0 saturated heterocycles. The Hall–Kier alpha value is -4.64. The van der Waals surface area contributed by atoms with Crippen LogP contribution in [0, 0.1) is 0 Å². The van der Waals surface area contributed by atoms with E-state index in [1.807, 2.05) is 12.2 Å². The van der Waals surface area contributed by atoms with Gasteiger partial charge in [0, 0.05) is 12.8 Å². The number of aliphatic carboxylic acids is 1. The summed E-state index contributed by atoms with van der Waals surface area (Å²) < 4.78 is 26.9. The number of hydrogen-bond donors (Lipinski definition) is 4. The lowest BCUT2D eigenvalue weighted by molar-refractivity contribution is -0.147. The fraction of sp³-hybridized carbons (Fsp3) is 0.534. The average molecular weight is 992 g/mol. The van der Waals surface area contributed by atoms with Crippen LogP contribution >= 0.6 is 7.82 Å². The predicted octanol–water partition coefficient (Wildman–Crippen LogP) is 14.7. The second kappa shape index (κ2) is 50.7. The van der Waals surface area contributed by atoms with Crippen LogP contribution in [0.2, 0.25) is 0 Å². The van der Waals surface area contributed by atoms with Crippen molar-refractivity contribution in [1.29, 1.82) is 0 Å². The molecule has 0 fully saturated rings. The van der Waals surface area contributed by atoms with E-state index in [-0.39, 0.29) is 12.8 Å². The van der Waals surface area contributed by atoms with Crippen molar-refractivity contribution in [3.05, 3.63) is 146 Å². The van der Waals surface area contributed by atoms with E-state index in [1.165, 1.54) is 6.42 Å². The van der Waals surface area contributed by atoms with E-state index in [0.29, 0.717) is 19.3 Å². The van der Waals surface area contributed by atoms with Gasteiger partial charge in [-0.05, 0) is 109 Å². The maximum atomic E-state index is 12.4. The van der Waals surface area contributed by atoms with Gasteiger partial charge in [0.1, 0.15) is 12.7 Å². The normalized spacial score (nSPS) is 14.7. The number of phosphoric ester groups is 1. The zero-order valence-corrected chi connectivity index (χ0v) is 43.6. The highest BCUT2D eigenvalue weighted by Gasteiger charge is 2.28. The molecule has 70 heavy (non-hydrogen) atoms. The van der Waals surface area contributed by atoms with E-state index < -0.39 is 57.6 Å². The van der Waals surface area contributed by atoms with Crippen molar-refractivity contribution in [3.63, 3.8) is 0 Å². The SMILES string of the molecule is CC/C=C\C/C=C\C/C=C\C/C=C\C/C=C\C/C=C\C/C=C\CCCC(=O)NC(COP(=O)(O)OCC(O)COC(=O)CCCCCCCCC/C=C\C/C=C\C/C=C\C/C=C\C/C=C\CC)C(=O)O. The number of allylic oxidation sites excluding steroid dienone is 24. The number of amides is 1. The summed E-state index contributed by atoms with van der Waals surface area (Å²) in [5, 5.41) is 21.9. The van der Waals surface area contributed by atoms with Gasteiger partial charge in [-0.15, -0.1) is 0 Å². The molecule has 1 amide bonds. The van der Waals surface area contributed by atoms with Gasteiger partial charge in [-0.2, -0.15) is 0 Å². The molecule has 0 saturated carbocycles. The number of rotatable bonds is 46. The maximum Gasteiger partial charge on any atom is 0.472 e. The molecule has 4 N–H and O–H groups in total. The molecular weight excluding hydrogens is 902 g/mol. The van der Waals surface area contributed by atoms with Crippen LogP contribution in [0.25, 0.3) is 0 Å². The van der Waals surface area contributed by atoms with Crippen LogP contribution < -0.4 is 5.32 Å². The number of aliphatic hydroxyl groups is 1. The van der Waals surface area contributed by atoms with Crippen LogP contribution in [0.15, 0.2) is 146 Å². The third-order valence-corrected chi connectivity index (χ3v) is 11.1. The van der Waals surface area contributed by atoms with Crippen LogP contribution in [0.4, 0.5) is 0 Å². The standard InChI is InChI=1S/C58H90NO10P/c1-3-5-7-9-11-13-15-17-19-21-23-25-27-29-31-33-35-37-39-41-43-45-47-49-56(61)59-55(58(63)64)53-69-70(65,66)68-52-54(60)51-67-57(62)50-48-46-44-42-40-38-36-34-32-30-28-26-24-22-20-18-16-14-12-10-8-6-4-2/h5-8,11-14,17-20,23-26,29-32,35,37,41,43,54-55,60H,3-4,9-10,15-16,21-22,27-28,33-34,36,38-40,42,44-53H2,1-2H3,(H,59,61)(H,63,64)(H,65,66)/b7-5-,8-6-,13-11-,14-12-,19-17-,20-18-,25-23-,26-24-,31-29-,32-30-,37-35-,43-41-. The number of carboxylic acids is 1. The zero-order chi connectivity index (χ0) is 51.3. The van der Waals surface area contributed by atoms with Crippen molar-refractivity contribution in [1.82, 2.24) is 5.32 Å². The lowest BCUT2D eigenvalue weighted by Crippen LogP contribution is -2.43. The second-order valence-corrected chi connectivity index (χ2v) is 18.0. The Labute approximate surface area is 423 Å². The number of phosphoric acid groups is 1. The van der Waals surface area contributed by atoms with Gasteiger partial charge in [-0.25, -0.2) is 9.36 Å². The molecule has 0 spiro atoms. The Bertz CT molecular complexity index is 1730. The van der Waals surface area contributed by atoms with Crippen LogP contribution in [0.3, 0.4) is 0 Å². The minimum absolute atomic E-state index is 0.0553. The lowest BCUT2D eigenvalue weighted by atomic mass is 10.1.